The van der Waals surface area contributed by atoms with Gasteiger partial charge in [-0.25, -0.2) is 9.50 Å². The summed E-state index contributed by atoms with van der Waals surface area (Å²) in [5.41, 5.74) is 2.92. The number of nitrogens with one attached hydrogen (secondary N) is 1. The van der Waals surface area contributed by atoms with E-state index in [-0.39, 0.29) is 6.10 Å². The monoisotopic (exact) mass is 334 g/mol. The van der Waals surface area contributed by atoms with Crippen LogP contribution in [0.2, 0.25) is 0 Å². The minimum Gasteiger partial charge on any atom is -0.393 e. The Hall–Kier alpha value is -2.66. The van der Waals surface area contributed by atoms with E-state index in [9.17, 15) is 5.11 Å². The predicted octanol–water partition coefficient (Wildman–Crippen LogP) is 3.62. The number of fused-ring (bicyclic) bond motifs is 1. The van der Waals surface area contributed by atoms with Crippen molar-refractivity contribution in [2.24, 2.45) is 0 Å². The Morgan fingerprint density at radius 3 is 2.60 bits per heavy atom. The number of aliphatic hydroxyl groups excluding tert-OH is 1. The fourth-order valence-corrected chi connectivity index (χ4v) is 3.26. The standard InChI is InChI=1S/C20H22N4O/c25-18-10-7-16(8-11-18)22-19-12-13-20-21-14-17(24(20)23-19)9-6-15-4-2-1-3-5-15/h1-6,9,12-14,16,18,25H,7-8,10-11H2,(H,22,23). The summed E-state index contributed by atoms with van der Waals surface area (Å²) in [4.78, 5) is 4.42. The maximum atomic E-state index is 9.63. The van der Waals surface area contributed by atoms with E-state index < -0.39 is 0 Å². The molecule has 0 aliphatic heterocycles. The molecule has 3 aromatic rings. The van der Waals surface area contributed by atoms with Crippen molar-refractivity contribution < 1.29 is 5.11 Å². The molecule has 1 saturated carbocycles. The Balaban J connectivity index is 1.54. The van der Waals surface area contributed by atoms with E-state index in [0.29, 0.717) is 6.04 Å². The number of anilines is 1. The average molecular weight is 334 g/mol. The molecule has 0 atom stereocenters. The van der Waals surface area contributed by atoms with Crippen LogP contribution in [0.25, 0.3) is 17.8 Å². The summed E-state index contributed by atoms with van der Waals surface area (Å²) in [5, 5.41) is 17.8. The number of imidazole rings is 1. The number of hydrogen-bond donors (Lipinski definition) is 2. The lowest BCUT2D eigenvalue weighted by Gasteiger charge is -2.26. The Morgan fingerprint density at radius 2 is 1.80 bits per heavy atom. The zero-order valence-electron chi connectivity index (χ0n) is 14.0. The van der Waals surface area contributed by atoms with E-state index in [1.54, 1.807) is 0 Å². The van der Waals surface area contributed by atoms with Crippen LogP contribution in [0.15, 0.2) is 48.7 Å². The molecule has 0 spiro atoms. The summed E-state index contributed by atoms with van der Waals surface area (Å²) in [6, 6.07) is 14.5. The molecule has 5 heteroatoms. The van der Waals surface area contributed by atoms with Gasteiger partial charge in [-0.3, -0.25) is 0 Å². The first-order valence-electron chi connectivity index (χ1n) is 8.80. The van der Waals surface area contributed by atoms with Gasteiger partial charge in [0.1, 0.15) is 5.82 Å². The van der Waals surface area contributed by atoms with Crippen LogP contribution in [-0.2, 0) is 0 Å². The van der Waals surface area contributed by atoms with E-state index in [4.69, 9.17) is 0 Å². The highest BCUT2D eigenvalue weighted by atomic mass is 16.3. The van der Waals surface area contributed by atoms with E-state index in [1.165, 1.54) is 0 Å². The molecule has 1 aliphatic rings. The van der Waals surface area contributed by atoms with Crippen LogP contribution >= 0.6 is 0 Å². The first-order chi connectivity index (χ1) is 12.3. The highest BCUT2D eigenvalue weighted by molar-refractivity contribution is 5.69. The topological polar surface area (TPSA) is 62.5 Å². The Kier molecular flexibility index (Phi) is 4.48. The van der Waals surface area contributed by atoms with E-state index >= 15 is 0 Å². The maximum absolute atomic E-state index is 9.63. The van der Waals surface area contributed by atoms with Crippen LogP contribution in [-0.4, -0.2) is 31.9 Å². The van der Waals surface area contributed by atoms with Crippen LogP contribution < -0.4 is 5.32 Å². The van der Waals surface area contributed by atoms with Gasteiger partial charge in [0.25, 0.3) is 0 Å². The highest BCUT2D eigenvalue weighted by Gasteiger charge is 2.19. The number of rotatable bonds is 4. The van der Waals surface area contributed by atoms with Crippen LogP contribution in [0.3, 0.4) is 0 Å². The molecule has 0 bridgehead atoms. The summed E-state index contributed by atoms with van der Waals surface area (Å²) in [7, 11) is 0. The Labute approximate surface area is 147 Å². The van der Waals surface area contributed by atoms with Gasteiger partial charge in [-0.15, -0.1) is 5.10 Å². The highest BCUT2D eigenvalue weighted by Crippen LogP contribution is 2.21. The van der Waals surface area contributed by atoms with Crippen molar-refractivity contribution in [3.8, 4) is 0 Å². The van der Waals surface area contributed by atoms with E-state index in [1.807, 2.05) is 47.1 Å². The summed E-state index contributed by atoms with van der Waals surface area (Å²) >= 11 is 0. The van der Waals surface area contributed by atoms with Crippen molar-refractivity contribution in [2.75, 3.05) is 5.32 Å². The SMILES string of the molecule is OC1CCC(Nc2ccc3ncc(C=Cc4ccccc4)n3n2)CC1. The second-order valence-corrected chi connectivity index (χ2v) is 6.57. The molecule has 1 aromatic carbocycles. The molecule has 2 N–H and O–H groups in total. The molecule has 128 valence electrons. The fraction of sp³-hybridized carbons (Fsp3) is 0.300. The number of hydrogen-bond acceptors (Lipinski definition) is 4. The molecule has 0 saturated heterocycles. The summed E-state index contributed by atoms with van der Waals surface area (Å²) < 4.78 is 1.86. The van der Waals surface area contributed by atoms with E-state index in [0.717, 1.165) is 48.4 Å². The van der Waals surface area contributed by atoms with Crippen LogP contribution in [0.5, 0.6) is 0 Å². The summed E-state index contributed by atoms with van der Waals surface area (Å²) in [5.74, 6) is 0.848. The first-order valence-corrected chi connectivity index (χ1v) is 8.80. The Bertz CT molecular complexity index is 864. The lowest BCUT2D eigenvalue weighted by molar-refractivity contribution is 0.126. The van der Waals surface area contributed by atoms with Gasteiger partial charge in [-0.1, -0.05) is 36.4 Å². The van der Waals surface area contributed by atoms with Crippen molar-refractivity contribution in [3.63, 3.8) is 0 Å². The zero-order chi connectivity index (χ0) is 17.1. The van der Waals surface area contributed by atoms with Gasteiger partial charge in [0, 0.05) is 6.04 Å². The van der Waals surface area contributed by atoms with Gasteiger partial charge in [-0.05, 0) is 49.5 Å². The zero-order valence-corrected chi connectivity index (χ0v) is 14.0. The smallest absolute Gasteiger partial charge is 0.154 e. The largest absolute Gasteiger partial charge is 0.393 e. The number of nitrogens with zero attached hydrogens (tertiary/aromatic N) is 3. The maximum Gasteiger partial charge on any atom is 0.154 e. The van der Waals surface area contributed by atoms with Crippen molar-refractivity contribution in [1.29, 1.82) is 0 Å². The quantitative estimate of drug-likeness (QED) is 0.765. The van der Waals surface area contributed by atoms with Crippen molar-refractivity contribution in [1.82, 2.24) is 14.6 Å². The Morgan fingerprint density at radius 1 is 1.00 bits per heavy atom. The van der Waals surface area contributed by atoms with Crippen molar-refractivity contribution in [3.05, 3.63) is 59.9 Å². The third-order valence-corrected chi connectivity index (χ3v) is 4.68. The predicted molar refractivity (Wildman–Crippen MR) is 100 cm³/mol. The van der Waals surface area contributed by atoms with Crippen LogP contribution in [0.1, 0.15) is 36.9 Å². The van der Waals surface area contributed by atoms with Gasteiger partial charge >= 0.3 is 0 Å². The molecule has 5 nitrogen and oxygen atoms in total. The molecule has 2 aromatic heterocycles. The van der Waals surface area contributed by atoms with Gasteiger partial charge < -0.3 is 10.4 Å². The lowest BCUT2D eigenvalue weighted by Crippen LogP contribution is -2.28. The van der Waals surface area contributed by atoms with E-state index in [2.05, 4.69) is 33.6 Å². The lowest BCUT2D eigenvalue weighted by atomic mass is 9.93. The fourth-order valence-electron chi connectivity index (χ4n) is 3.26. The molecular formula is C20H22N4O. The normalized spacial score (nSPS) is 21.0. The minimum atomic E-state index is -0.142. The molecule has 1 fully saturated rings. The van der Waals surface area contributed by atoms with Gasteiger partial charge in [0.15, 0.2) is 5.65 Å². The van der Waals surface area contributed by atoms with Crippen molar-refractivity contribution in [2.45, 2.75) is 37.8 Å². The van der Waals surface area contributed by atoms with Gasteiger partial charge in [-0.2, -0.15) is 0 Å². The third kappa shape index (κ3) is 3.72. The minimum absolute atomic E-state index is 0.142. The van der Waals surface area contributed by atoms with Crippen LogP contribution in [0, 0.1) is 0 Å². The molecule has 0 unspecified atom stereocenters. The molecule has 25 heavy (non-hydrogen) atoms. The van der Waals surface area contributed by atoms with Crippen molar-refractivity contribution >= 4 is 23.6 Å². The second-order valence-electron chi connectivity index (χ2n) is 6.57. The number of aromatic nitrogens is 3. The van der Waals surface area contributed by atoms with Crippen LogP contribution in [0.4, 0.5) is 5.82 Å². The van der Waals surface area contributed by atoms with Gasteiger partial charge in [0.2, 0.25) is 0 Å². The number of aliphatic hydroxyl groups is 1. The first kappa shape index (κ1) is 15.8. The van der Waals surface area contributed by atoms with Gasteiger partial charge in [0.05, 0.1) is 18.0 Å². The molecule has 0 amide bonds. The third-order valence-electron chi connectivity index (χ3n) is 4.68. The molecular weight excluding hydrogens is 312 g/mol. The molecule has 4 rings (SSSR count). The average Bonchev–Trinajstić information content (AvgIpc) is 3.05. The summed E-state index contributed by atoms with van der Waals surface area (Å²) in [6.07, 6.45) is 9.46. The molecule has 1 aliphatic carbocycles. The molecule has 2 heterocycles. The second kappa shape index (κ2) is 7.07. The number of benzene rings is 1. The summed E-state index contributed by atoms with van der Waals surface area (Å²) in [6.45, 7) is 0. The molecule has 0 radical (unpaired) electrons.